The van der Waals surface area contributed by atoms with Crippen LogP contribution in [0.1, 0.15) is 27.0 Å². The molecule has 0 aliphatic carbocycles. The molecule has 0 heterocycles. The zero-order valence-electron chi connectivity index (χ0n) is 10.3. The Morgan fingerprint density at radius 3 is 2.47 bits per heavy atom. The van der Waals surface area contributed by atoms with Crippen molar-refractivity contribution < 1.29 is 9.90 Å². The first kappa shape index (κ1) is 13.4. The standard InChI is InChI=1S/C16H13ClO2/c1-2-12-13(16(18)19)8-9-15(17)14(12)10-11-6-4-3-5-7-11/h2-9H,1,10H2,(H,18,19). The molecule has 96 valence electrons. The average Bonchev–Trinajstić information content (AvgIpc) is 2.41. The summed E-state index contributed by atoms with van der Waals surface area (Å²) in [6.45, 7) is 3.70. The molecule has 0 atom stereocenters. The Bertz CT molecular complexity index is 618. The van der Waals surface area contributed by atoms with Gasteiger partial charge in [0, 0.05) is 5.02 Å². The highest BCUT2D eigenvalue weighted by molar-refractivity contribution is 6.31. The molecule has 0 saturated carbocycles. The molecule has 2 nitrogen and oxygen atoms in total. The summed E-state index contributed by atoms with van der Waals surface area (Å²) in [7, 11) is 0. The lowest BCUT2D eigenvalue weighted by atomic mass is 9.95. The van der Waals surface area contributed by atoms with Gasteiger partial charge >= 0.3 is 5.97 Å². The average molecular weight is 273 g/mol. The quantitative estimate of drug-likeness (QED) is 0.902. The molecule has 2 aromatic carbocycles. The van der Waals surface area contributed by atoms with Crippen molar-refractivity contribution in [1.29, 1.82) is 0 Å². The second-order valence-corrected chi connectivity index (χ2v) is 4.57. The van der Waals surface area contributed by atoms with Gasteiger partial charge < -0.3 is 5.11 Å². The Morgan fingerprint density at radius 1 is 1.21 bits per heavy atom. The Labute approximate surface area is 117 Å². The minimum atomic E-state index is -0.971. The molecular formula is C16H13ClO2. The Balaban J connectivity index is 2.52. The topological polar surface area (TPSA) is 37.3 Å². The van der Waals surface area contributed by atoms with Crippen LogP contribution in [0.3, 0.4) is 0 Å². The molecule has 0 spiro atoms. The van der Waals surface area contributed by atoms with Gasteiger partial charge in [-0.3, -0.25) is 0 Å². The normalized spacial score (nSPS) is 10.2. The molecule has 0 fully saturated rings. The molecule has 0 aliphatic rings. The van der Waals surface area contributed by atoms with Crippen LogP contribution in [0.4, 0.5) is 0 Å². The smallest absolute Gasteiger partial charge is 0.336 e. The molecule has 0 unspecified atom stereocenters. The third-order valence-corrected chi connectivity index (χ3v) is 3.31. The number of carboxylic acid groups (broad SMARTS) is 1. The molecule has 3 heteroatoms. The van der Waals surface area contributed by atoms with Gasteiger partial charge in [0.25, 0.3) is 0 Å². The van der Waals surface area contributed by atoms with Gasteiger partial charge in [0.15, 0.2) is 0 Å². The third kappa shape index (κ3) is 2.85. The molecule has 0 aliphatic heterocycles. The number of hydrogen-bond acceptors (Lipinski definition) is 1. The molecule has 1 N–H and O–H groups in total. The highest BCUT2D eigenvalue weighted by atomic mass is 35.5. The van der Waals surface area contributed by atoms with E-state index in [9.17, 15) is 9.90 Å². The van der Waals surface area contributed by atoms with Gasteiger partial charge in [0.1, 0.15) is 0 Å². The van der Waals surface area contributed by atoms with Crippen LogP contribution in [0, 0.1) is 0 Å². The van der Waals surface area contributed by atoms with E-state index in [0.29, 0.717) is 17.0 Å². The number of carboxylic acids is 1. The largest absolute Gasteiger partial charge is 0.478 e. The van der Waals surface area contributed by atoms with Crippen LogP contribution in [-0.2, 0) is 6.42 Å². The molecule has 2 aromatic rings. The van der Waals surface area contributed by atoms with Crippen molar-refractivity contribution in [2.45, 2.75) is 6.42 Å². The highest BCUT2D eigenvalue weighted by Gasteiger charge is 2.14. The predicted octanol–water partition coefficient (Wildman–Crippen LogP) is 4.27. The SMILES string of the molecule is C=Cc1c(C(=O)O)ccc(Cl)c1Cc1ccccc1. The minimum Gasteiger partial charge on any atom is -0.478 e. The van der Waals surface area contributed by atoms with E-state index in [1.165, 1.54) is 6.07 Å². The van der Waals surface area contributed by atoms with Gasteiger partial charge in [0.05, 0.1) is 5.56 Å². The molecule has 2 rings (SSSR count). The van der Waals surface area contributed by atoms with E-state index < -0.39 is 5.97 Å². The molecular weight excluding hydrogens is 260 g/mol. The Kier molecular flexibility index (Phi) is 4.03. The lowest BCUT2D eigenvalue weighted by Crippen LogP contribution is -2.04. The van der Waals surface area contributed by atoms with Crippen LogP contribution >= 0.6 is 11.6 Å². The van der Waals surface area contributed by atoms with E-state index in [0.717, 1.165) is 11.1 Å². The Morgan fingerprint density at radius 2 is 1.89 bits per heavy atom. The van der Waals surface area contributed by atoms with Crippen LogP contribution in [0.5, 0.6) is 0 Å². The summed E-state index contributed by atoms with van der Waals surface area (Å²) in [6.07, 6.45) is 2.13. The zero-order valence-corrected chi connectivity index (χ0v) is 11.0. The zero-order chi connectivity index (χ0) is 13.8. The van der Waals surface area contributed by atoms with Gasteiger partial charge in [-0.05, 0) is 35.2 Å². The fraction of sp³-hybridized carbons (Fsp3) is 0.0625. The lowest BCUT2D eigenvalue weighted by Gasteiger charge is -2.11. The maximum absolute atomic E-state index is 11.2. The number of rotatable bonds is 4. The van der Waals surface area contributed by atoms with E-state index in [-0.39, 0.29) is 5.56 Å². The van der Waals surface area contributed by atoms with Gasteiger partial charge in [-0.25, -0.2) is 4.79 Å². The van der Waals surface area contributed by atoms with E-state index in [1.54, 1.807) is 12.1 Å². The number of hydrogen-bond donors (Lipinski definition) is 1. The minimum absolute atomic E-state index is 0.227. The van der Waals surface area contributed by atoms with Crippen molar-refractivity contribution in [2.24, 2.45) is 0 Å². The maximum Gasteiger partial charge on any atom is 0.336 e. The summed E-state index contributed by atoms with van der Waals surface area (Å²) in [5, 5.41) is 9.75. The van der Waals surface area contributed by atoms with E-state index in [1.807, 2.05) is 30.3 Å². The van der Waals surface area contributed by atoms with Crippen molar-refractivity contribution in [3.05, 3.63) is 76.3 Å². The summed E-state index contributed by atoms with van der Waals surface area (Å²) in [5.74, 6) is -0.971. The fourth-order valence-electron chi connectivity index (χ4n) is 2.04. The van der Waals surface area contributed by atoms with Crippen LogP contribution in [0.15, 0.2) is 49.0 Å². The predicted molar refractivity (Wildman–Crippen MR) is 77.8 cm³/mol. The van der Waals surface area contributed by atoms with E-state index >= 15 is 0 Å². The van der Waals surface area contributed by atoms with Gasteiger partial charge in [-0.15, -0.1) is 0 Å². The summed E-state index contributed by atoms with van der Waals surface area (Å²) < 4.78 is 0. The van der Waals surface area contributed by atoms with Crippen LogP contribution in [0.2, 0.25) is 5.02 Å². The van der Waals surface area contributed by atoms with Crippen molar-refractivity contribution >= 4 is 23.6 Å². The number of halogens is 1. The van der Waals surface area contributed by atoms with Gasteiger partial charge in [-0.1, -0.05) is 54.6 Å². The molecule has 0 saturated heterocycles. The monoisotopic (exact) mass is 272 g/mol. The van der Waals surface area contributed by atoms with Crippen molar-refractivity contribution in [1.82, 2.24) is 0 Å². The van der Waals surface area contributed by atoms with Gasteiger partial charge in [0.2, 0.25) is 0 Å². The second kappa shape index (κ2) is 5.72. The third-order valence-electron chi connectivity index (χ3n) is 2.96. The summed E-state index contributed by atoms with van der Waals surface area (Å²) >= 11 is 6.19. The summed E-state index contributed by atoms with van der Waals surface area (Å²) in [4.78, 5) is 11.2. The highest BCUT2D eigenvalue weighted by Crippen LogP contribution is 2.27. The maximum atomic E-state index is 11.2. The first-order valence-electron chi connectivity index (χ1n) is 5.84. The van der Waals surface area contributed by atoms with Crippen LogP contribution < -0.4 is 0 Å². The van der Waals surface area contributed by atoms with E-state index in [4.69, 9.17) is 11.6 Å². The first-order valence-corrected chi connectivity index (χ1v) is 6.22. The van der Waals surface area contributed by atoms with Gasteiger partial charge in [-0.2, -0.15) is 0 Å². The number of benzene rings is 2. The van der Waals surface area contributed by atoms with Crippen LogP contribution in [0.25, 0.3) is 6.08 Å². The first-order chi connectivity index (χ1) is 9.13. The fourth-order valence-corrected chi connectivity index (χ4v) is 2.27. The molecule has 0 bridgehead atoms. The second-order valence-electron chi connectivity index (χ2n) is 4.16. The molecule has 19 heavy (non-hydrogen) atoms. The van der Waals surface area contributed by atoms with Crippen molar-refractivity contribution in [3.8, 4) is 0 Å². The molecule has 0 aromatic heterocycles. The Hall–Kier alpha value is -2.06. The summed E-state index contributed by atoms with van der Waals surface area (Å²) in [6, 6.07) is 12.9. The van der Waals surface area contributed by atoms with Crippen molar-refractivity contribution in [3.63, 3.8) is 0 Å². The lowest BCUT2D eigenvalue weighted by molar-refractivity contribution is 0.0696. The number of carbonyl (C=O) groups is 1. The molecule has 0 radical (unpaired) electrons. The van der Waals surface area contributed by atoms with Crippen LogP contribution in [-0.4, -0.2) is 11.1 Å². The number of aromatic carboxylic acids is 1. The summed E-state index contributed by atoms with van der Waals surface area (Å²) in [5.41, 5.74) is 2.69. The van der Waals surface area contributed by atoms with Crippen molar-refractivity contribution in [2.75, 3.05) is 0 Å². The molecule has 0 amide bonds. The van der Waals surface area contributed by atoms with E-state index in [2.05, 4.69) is 6.58 Å².